The lowest BCUT2D eigenvalue weighted by molar-refractivity contribution is 0.102. The molecule has 1 N–H and O–H groups in total. The summed E-state index contributed by atoms with van der Waals surface area (Å²) in [4.78, 5) is 16.8. The van der Waals surface area contributed by atoms with Gasteiger partial charge in [0, 0.05) is 30.2 Å². The average molecular weight is 367 g/mol. The predicted molar refractivity (Wildman–Crippen MR) is 112 cm³/mol. The van der Waals surface area contributed by atoms with Crippen molar-refractivity contribution in [1.82, 2.24) is 9.55 Å². The molecule has 0 bridgehead atoms. The van der Waals surface area contributed by atoms with Gasteiger partial charge in [0.25, 0.3) is 5.91 Å². The third kappa shape index (κ3) is 4.01. The largest absolute Gasteiger partial charge is 0.331 e. The maximum Gasteiger partial charge on any atom is 0.255 e. The first kappa shape index (κ1) is 17.7. The zero-order valence-electron chi connectivity index (χ0n) is 15.7. The molecule has 0 atom stereocenters. The van der Waals surface area contributed by atoms with Gasteiger partial charge in [-0.15, -0.1) is 0 Å². The number of nitrogens with one attached hydrogen (secondary N) is 1. The first-order valence-electron chi connectivity index (χ1n) is 9.22. The van der Waals surface area contributed by atoms with Crippen molar-refractivity contribution in [3.05, 3.63) is 108 Å². The number of imidazole rings is 1. The van der Waals surface area contributed by atoms with Gasteiger partial charge in [-0.2, -0.15) is 0 Å². The van der Waals surface area contributed by atoms with Crippen LogP contribution in [0.4, 0.5) is 5.69 Å². The van der Waals surface area contributed by atoms with Crippen LogP contribution >= 0.6 is 0 Å². The third-order valence-corrected chi connectivity index (χ3v) is 4.74. The van der Waals surface area contributed by atoms with Gasteiger partial charge in [0.05, 0.1) is 0 Å². The summed E-state index contributed by atoms with van der Waals surface area (Å²) in [6, 6.07) is 25.7. The minimum atomic E-state index is -0.113. The highest BCUT2D eigenvalue weighted by Gasteiger charge is 2.07. The zero-order valence-corrected chi connectivity index (χ0v) is 15.7. The maximum absolute atomic E-state index is 12.5. The van der Waals surface area contributed by atoms with Crippen molar-refractivity contribution < 1.29 is 4.79 Å². The van der Waals surface area contributed by atoms with Crippen LogP contribution in [0.3, 0.4) is 0 Å². The molecule has 4 rings (SSSR count). The van der Waals surface area contributed by atoms with Crippen molar-refractivity contribution in [3.8, 4) is 11.1 Å². The number of amides is 1. The molecule has 4 nitrogen and oxygen atoms in total. The molecule has 0 aliphatic heterocycles. The molecule has 4 aromatic rings. The molecule has 0 saturated heterocycles. The fourth-order valence-electron chi connectivity index (χ4n) is 3.11. The van der Waals surface area contributed by atoms with Gasteiger partial charge >= 0.3 is 0 Å². The average Bonchev–Trinajstić information content (AvgIpc) is 3.14. The smallest absolute Gasteiger partial charge is 0.255 e. The molecule has 0 fully saturated rings. The summed E-state index contributed by atoms with van der Waals surface area (Å²) in [6.07, 6.45) is 3.76. The van der Waals surface area contributed by atoms with E-state index in [0.29, 0.717) is 5.56 Å². The number of anilines is 1. The SMILES string of the molecule is Cc1nccn1Cc1ccc(NC(=O)c2ccc(-c3ccccc3)cc2)cc1. The van der Waals surface area contributed by atoms with Crippen LogP contribution in [-0.4, -0.2) is 15.5 Å². The number of carbonyl (C=O) groups excluding carboxylic acids is 1. The second-order valence-corrected chi connectivity index (χ2v) is 6.70. The Hall–Kier alpha value is -3.66. The minimum Gasteiger partial charge on any atom is -0.331 e. The van der Waals surface area contributed by atoms with Crippen LogP contribution in [0.2, 0.25) is 0 Å². The summed E-state index contributed by atoms with van der Waals surface area (Å²) in [5.41, 5.74) is 4.81. The van der Waals surface area contributed by atoms with E-state index in [1.54, 1.807) is 6.20 Å². The lowest BCUT2D eigenvalue weighted by Gasteiger charge is -2.09. The van der Waals surface area contributed by atoms with Gasteiger partial charge in [-0.3, -0.25) is 4.79 Å². The van der Waals surface area contributed by atoms with E-state index in [4.69, 9.17) is 0 Å². The first-order valence-corrected chi connectivity index (χ1v) is 9.22. The van der Waals surface area contributed by atoms with E-state index < -0.39 is 0 Å². The molecule has 0 unspecified atom stereocenters. The highest BCUT2D eigenvalue weighted by atomic mass is 16.1. The van der Waals surface area contributed by atoms with E-state index >= 15 is 0 Å². The van der Waals surface area contributed by atoms with E-state index in [0.717, 1.165) is 34.7 Å². The van der Waals surface area contributed by atoms with Gasteiger partial charge in [-0.05, 0) is 47.9 Å². The molecule has 0 spiro atoms. The second-order valence-electron chi connectivity index (χ2n) is 6.70. The molecule has 1 amide bonds. The van der Waals surface area contributed by atoms with E-state index in [-0.39, 0.29) is 5.91 Å². The Kier molecular flexibility index (Phi) is 5.02. The number of benzene rings is 3. The minimum absolute atomic E-state index is 0.113. The van der Waals surface area contributed by atoms with Crippen LogP contribution in [0.15, 0.2) is 91.3 Å². The third-order valence-electron chi connectivity index (χ3n) is 4.74. The molecular formula is C24H21N3O. The van der Waals surface area contributed by atoms with Crippen LogP contribution in [0.1, 0.15) is 21.7 Å². The fraction of sp³-hybridized carbons (Fsp3) is 0.0833. The molecule has 0 radical (unpaired) electrons. The molecular weight excluding hydrogens is 346 g/mol. The zero-order chi connectivity index (χ0) is 19.3. The molecule has 1 heterocycles. The van der Waals surface area contributed by atoms with Gasteiger partial charge in [0.1, 0.15) is 5.82 Å². The van der Waals surface area contributed by atoms with Crippen LogP contribution in [0.25, 0.3) is 11.1 Å². The van der Waals surface area contributed by atoms with E-state index in [1.165, 1.54) is 0 Å². The van der Waals surface area contributed by atoms with Gasteiger partial charge in [-0.25, -0.2) is 4.98 Å². The van der Waals surface area contributed by atoms with Crippen LogP contribution in [0.5, 0.6) is 0 Å². The Labute approximate surface area is 164 Å². The molecule has 4 heteroatoms. The van der Waals surface area contributed by atoms with Crippen LogP contribution in [-0.2, 0) is 6.54 Å². The lowest BCUT2D eigenvalue weighted by atomic mass is 10.0. The van der Waals surface area contributed by atoms with Crippen molar-refractivity contribution >= 4 is 11.6 Å². The number of carbonyl (C=O) groups is 1. The van der Waals surface area contributed by atoms with Gasteiger partial charge in [-0.1, -0.05) is 54.6 Å². The van der Waals surface area contributed by atoms with Crippen LogP contribution < -0.4 is 5.32 Å². The van der Waals surface area contributed by atoms with Crippen LogP contribution in [0, 0.1) is 6.92 Å². The summed E-state index contributed by atoms with van der Waals surface area (Å²) >= 11 is 0. The molecule has 28 heavy (non-hydrogen) atoms. The molecule has 0 aliphatic carbocycles. The van der Waals surface area contributed by atoms with Crippen molar-refractivity contribution in [2.24, 2.45) is 0 Å². The Morgan fingerprint density at radius 1 is 0.893 bits per heavy atom. The number of nitrogens with zero attached hydrogens (tertiary/aromatic N) is 2. The van der Waals surface area contributed by atoms with E-state index in [9.17, 15) is 4.79 Å². The summed E-state index contributed by atoms with van der Waals surface area (Å²) < 4.78 is 2.09. The normalized spacial score (nSPS) is 10.6. The van der Waals surface area contributed by atoms with Crippen molar-refractivity contribution in [2.75, 3.05) is 5.32 Å². The Bertz CT molecular complexity index is 1070. The highest BCUT2D eigenvalue weighted by Crippen LogP contribution is 2.20. The highest BCUT2D eigenvalue weighted by molar-refractivity contribution is 6.04. The molecule has 138 valence electrons. The topological polar surface area (TPSA) is 46.9 Å². The first-order chi connectivity index (χ1) is 13.7. The number of hydrogen-bond acceptors (Lipinski definition) is 2. The number of aryl methyl sites for hydroxylation is 1. The van der Waals surface area contributed by atoms with Gasteiger partial charge in [0.2, 0.25) is 0 Å². The standard InChI is InChI=1S/C24H21N3O/c1-18-25-15-16-27(18)17-19-7-13-23(14-8-19)26-24(28)22-11-9-21(10-12-22)20-5-3-2-4-6-20/h2-16H,17H2,1H3,(H,26,28). The van der Waals surface area contributed by atoms with Crippen molar-refractivity contribution in [1.29, 1.82) is 0 Å². The van der Waals surface area contributed by atoms with Crippen molar-refractivity contribution in [3.63, 3.8) is 0 Å². The lowest BCUT2D eigenvalue weighted by Crippen LogP contribution is -2.11. The number of rotatable bonds is 5. The predicted octanol–water partition coefficient (Wildman–Crippen LogP) is 5.16. The van der Waals surface area contributed by atoms with Crippen molar-refractivity contribution in [2.45, 2.75) is 13.5 Å². The van der Waals surface area contributed by atoms with E-state index in [1.807, 2.05) is 79.9 Å². The quantitative estimate of drug-likeness (QED) is 0.530. The molecule has 0 aliphatic rings. The Morgan fingerprint density at radius 2 is 1.57 bits per heavy atom. The Morgan fingerprint density at radius 3 is 2.21 bits per heavy atom. The number of aromatic nitrogens is 2. The summed E-state index contributed by atoms with van der Waals surface area (Å²) in [7, 11) is 0. The summed E-state index contributed by atoms with van der Waals surface area (Å²) in [6.45, 7) is 2.75. The maximum atomic E-state index is 12.5. The monoisotopic (exact) mass is 367 g/mol. The molecule has 1 aromatic heterocycles. The fourth-order valence-corrected chi connectivity index (χ4v) is 3.11. The van der Waals surface area contributed by atoms with E-state index in [2.05, 4.69) is 27.0 Å². The van der Waals surface area contributed by atoms with Gasteiger partial charge < -0.3 is 9.88 Å². The molecule has 3 aromatic carbocycles. The molecule has 0 saturated carbocycles. The summed E-state index contributed by atoms with van der Waals surface area (Å²) in [5, 5.41) is 2.96. The second kappa shape index (κ2) is 7.92. The Balaban J connectivity index is 1.41. The summed E-state index contributed by atoms with van der Waals surface area (Å²) in [5.74, 6) is 0.870. The number of hydrogen-bond donors (Lipinski definition) is 1. The van der Waals surface area contributed by atoms with Gasteiger partial charge in [0.15, 0.2) is 0 Å².